The summed E-state index contributed by atoms with van der Waals surface area (Å²) in [6, 6.07) is 8.86. The van der Waals surface area contributed by atoms with Crippen molar-refractivity contribution >= 4 is 29.9 Å². The van der Waals surface area contributed by atoms with Gasteiger partial charge in [-0.1, -0.05) is 31.2 Å². The molecular formula is C20H30IN5O. The standard InChI is InChI=1S/C20H29N5O.HI/c1-4-16-5-7-17(8-6-16)9-10-22-20(21-2)25-11-12-26-19(15-25)18-13-23-24(3)14-18;/h5-8,13-14,19H,4,9-12,15H2,1-3H3,(H,21,22);1H. The van der Waals surface area contributed by atoms with Crippen LogP contribution in [0.4, 0.5) is 0 Å². The molecule has 1 fully saturated rings. The number of nitrogens with one attached hydrogen (secondary N) is 1. The quantitative estimate of drug-likeness (QED) is 0.404. The topological polar surface area (TPSA) is 54.7 Å². The second-order valence-electron chi connectivity index (χ2n) is 6.65. The number of guanidine groups is 1. The van der Waals surface area contributed by atoms with E-state index in [9.17, 15) is 0 Å². The average molecular weight is 483 g/mol. The lowest BCUT2D eigenvalue weighted by atomic mass is 10.1. The fourth-order valence-corrected chi connectivity index (χ4v) is 3.24. The molecule has 1 unspecified atom stereocenters. The van der Waals surface area contributed by atoms with Gasteiger partial charge >= 0.3 is 0 Å². The molecule has 1 aliphatic rings. The molecule has 6 nitrogen and oxygen atoms in total. The number of aryl methyl sites for hydroxylation is 2. The van der Waals surface area contributed by atoms with Gasteiger partial charge in [0.05, 0.1) is 19.3 Å². The third-order valence-electron chi connectivity index (χ3n) is 4.80. The molecule has 1 aromatic carbocycles. The largest absolute Gasteiger partial charge is 0.370 e. The molecule has 27 heavy (non-hydrogen) atoms. The number of hydrogen-bond acceptors (Lipinski definition) is 3. The fourth-order valence-electron chi connectivity index (χ4n) is 3.24. The minimum Gasteiger partial charge on any atom is -0.370 e. The van der Waals surface area contributed by atoms with Gasteiger partial charge in [-0.2, -0.15) is 5.10 Å². The number of aromatic nitrogens is 2. The van der Waals surface area contributed by atoms with E-state index in [2.05, 4.69) is 51.5 Å². The van der Waals surface area contributed by atoms with Gasteiger partial charge in [-0.15, -0.1) is 24.0 Å². The van der Waals surface area contributed by atoms with Crippen LogP contribution in [0.2, 0.25) is 0 Å². The average Bonchev–Trinajstić information content (AvgIpc) is 3.12. The lowest BCUT2D eigenvalue weighted by Crippen LogP contribution is -2.48. The van der Waals surface area contributed by atoms with Crippen molar-refractivity contribution in [2.45, 2.75) is 25.9 Å². The van der Waals surface area contributed by atoms with Crippen LogP contribution < -0.4 is 5.32 Å². The van der Waals surface area contributed by atoms with E-state index in [1.807, 2.05) is 31.2 Å². The number of morpholine rings is 1. The second-order valence-corrected chi connectivity index (χ2v) is 6.65. The van der Waals surface area contributed by atoms with Crippen LogP contribution in [-0.4, -0.2) is 53.9 Å². The molecule has 0 amide bonds. The lowest BCUT2D eigenvalue weighted by molar-refractivity contribution is -0.00800. The van der Waals surface area contributed by atoms with Gasteiger partial charge in [0.25, 0.3) is 0 Å². The van der Waals surface area contributed by atoms with Gasteiger partial charge in [-0.3, -0.25) is 9.67 Å². The van der Waals surface area contributed by atoms with Crippen molar-refractivity contribution in [2.24, 2.45) is 12.0 Å². The lowest BCUT2D eigenvalue weighted by Gasteiger charge is -2.34. The van der Waals surface area contributed by atoms with E-state index in [1.54, 1.807) is 0 Å². The van der Waals surface area contributed by atoms with Crippen molar-refractivity contribution in [2.75, 3.05) is 33.3 Å². The Bertz CT molecular complexity index is 728. The van der Waals surface area contributed by atoms with Crippen LogP contribution in [0, 0.1) is 0 Å². The molecule has 0 saturated carbocycles. The monoisotopic (exact) mass is 483 g/mol. The number of aliphatic imine (C=N–C) groups is 1. The van der Waals surface area contributed by atoms with Gasteiger partial charge in [-0.25, -0.2) is 0 Å². The van der Waals surface area contributed by atoms with Gasteiger partial charge in [0, 0.05) is 38.9 Å². The van der Waals surface area contributed by atoms with E-state index in [0.29, 0.717) is 6.61 Å². The number of nitrogens with zero attached hydrogens (tertiary/aromatic N) is 4. The maximum Gasteiger partial charge on any atom is 0.193 e. The summed E-state index contributed by atoms with van der Waals surface area (Å²) in [6.07, 6.45) is 6.01. The highest BCUT2D eigenvalue weighted by Crippen LogP contribution is 2.21. The molecule has 1 aromatic heterocycles. The van der Waals surface area contributed by atoms with E-state index in [0.717, 1.165) is 44.0 Å². The first kappa shape index (κ1) is 21.7. The molecule has 148 valence electrons. The first-order valence-corrected chi connectivity index (χ1v) is 9.33. The van der Waals surface area contributed by atoms with Gasteiger partial charge < -0.3 is 15.0 Å². The highest BCUT2D eigenvalue weighted by Gasteiger charge is 2.24. The van der Waals surface area contributed by atoms with Crippen LogP contribution in [0.25, 0.3) is 0 Å². The summed E-state index contributed by atoms with van der Waals surface area (Å²) in [5.74, 6) is 0.937. The molecule has 3 rings (SSSR count). The van der Waals surface area contributed by atoms with Crippen LogP contribution in [0.5, 0.6) is 0 Å². The molecule has 0 radical (unpaired) electrons. The molecule has 7 heteroatoms. The molecule has 1 saturated heterocycles. The van der Waals surface area contributed by atoms with Crippen molar-refractivity contribution in [3.63, 3.8) is 0 Å². The molecule has 1 N–H and O–H groups in total. The molecule has 0 aliphatic carbocycles. The van der Waals surface area contributed by atoms with Crippen molar-refractivity contribution < 1.29 is 4.74 Å². The van der Waals surface area contributed by atoms with Crippen LogP contribution in [-0.2, 0) is 24.6 Å². The zero-order valence-corrected chi connectivity index (χ0v) is 18.7. The molecule has 1 atom stereocenters. The summed E-state index contributed by atoms with van der Waals surface area (Å²) < 4.78 is 7.73. The Labute approximate surface area is 179 Å². The molecule has 0 spiro atoms. The Kier molecular flexibility index (Phi) is 8.56. The first-order valence-electron chi connectivity index (χ1n) is 9.33. The second kappa shape index (κ2) is 10.7. The highest BCUT2D eigenvalue weighted by atomic mass is 127. The Hall–Kier alpha value is -1.61. The van der Waals surface area contributed by atoms with Crippen molar-refractivity contribution in [1.82, 2.24) is 20.0 Å². The van der Waals surface area contributed by atoms with Gasteiger partial charge in [0.1, 0.15) is 6.10 Å². The number of ether oxygens (including phenoxy) is 1. The molecule has 0 bridgehead atoms. The molecule has 2 heterocycles. The van der Waals surface area contributed by atoms with Gasteiger partial charge in [0.15, 0.2) is 5.96 Å². The summed E-state index contributed by atoms with van der Waals surface area (Å²) in [6.45, 7) is 5.38. The summed E-state index contributed by atoms with van der Waals surface area (Å²) in [5, 5.41) is 7.74. The highest BCUT2D eigenvalue weighted by molar-refractivity contribution is 14.0. The van der Waals surface area contributed by atoms with Crippen LogP contribution in [0.3, 0.4) is 0 Å². The van der Waals surface area contributed by atoms with Crippen LogP contribution in [0.1, 0.15) is 29.7 Å². The molecule has 1 aliphatic heterocycles. The minimum atomic E-state index is 0. The summed E-state index contributed by atoms with van der Waals surface area (Å²) in [5.41, 5.74) is 3.84. The fraction of sp³-hybridized carbons (Fsp3) is 0.500. The number of hydrogen-bond donors (Lipinski definition) is 1. The Morgan fingerprint density at radius 2 is 2.04 bits per heavy atom. The maximum absolute atomic E-state index is 5.92. The van der Waals surface area contributed by atoms with E-state index in [1.165, 1.54) is 11.1 Å². The zero-order valence-electron chi connectivity index (χ0n) is 16.4. The smallest absolute Gasteiger partial charge is 0.193 e. The van der Waals surface area contributed by atoms with E-state index >= 15 is 0 Å². The van der Waals surface area contributed by atoms with E-state index < -0.39 is 0 Å². The van der Waals surface area contributed by atoms with Gasteiger partial charge in [0.2, 0.25) is 0 Å². The number of rotatable bonds is 5. The minimum absolute atomic E-state index is 0. The number of benzene rings is 1. The van der Waals surface area contributed by atoms with E-state index in [4.69, 9.17) is 4.74 Å². The van der Waals surface area contributed by atoms with Crippen molar-refractivity contribution in [1.29, 1.82) is 0 Å². The van der Waals surface area contributed by atoms with Crippen LogP contribution >= 0.6 is 24.0 Å². The SMILES string of the molecule is CCc1ccc(CCNC(=NC)N2CCOC(c3cnn(C)c3)C2)cc1.I. The van der Waals surface area contributed by atoms with E-state index in [-0.39, 0.29) is 30.1 Å². The van der Waals surface area contributed by atoms with Crippen molar-refractivity contribution in [3.8, 4) is 0 Å². The third kappa shape index (κ3) is 5.93. The molecule has 2 aromatic rings. The predicted molar refractivity (Wildman–Crippen MR) is 120 cm³/mol. The van der Waals surface area contributed by atoms with Crippen LogP contribution in [0.15, 0.2) is 41.7 Å². The predicted octanol–water partition coefficient (Wildman–Crippen LogP) is 2.79. The summed E-state index contributed by atoms with van der Waals surface area (Å²) in [7, 11) is 3.77. The maximum atomic E-state index is 5.92. The zero-order chi connectivity index (χ0) is 18.4. The summed E-state index contributed by atoms with van der Waals surface area (Å²) >= 11 is 0. The first-order chi connectivity index (χ1) is 12.7. The summed E-state index contributed by atoms with van der Waals surface area (Å²) in [4.78, 5) is 6.72. The Morgan fingerprint density at radius 1 is 1.30 bits per heavy atom. The van der Waals surface area contributed by atoms with Gasteiger partial charge in [-0.05, 0) is 24.0 Å². The number of halogens is 1. The third-order valence-corrected chi connectivity index (χ3v) is 4.80. The Balaban J connectivity index is 0.00000261. The Morgan fingerprint density at radius 3 is 2.67 bits per heavy atom. The normalized spacial score (nSPS) is 17.5. The van der Waals surface area contributed by atoms with Crippen molar-refractivity contribution in [3.05, 3.63) is 53.3 Å². The molecular weight excluding hydrogens is 453 g/mol.